The smallest absolute Gasteiger partial charge is 0.223 e. The van der Waals surface area contributed by atoms with Crippen molar-refractivity contribution in [1.29, 1.82) is 0 Å². The van der Waals surface area contributed by atoms with Gasteiger partial charge in [-0.1, -0.05) is 31.9 Å². The van der Waals surface area contributed by atoms with Gasteiger partial charge in [0.25, 0.3) is 0 Å². The van der Waals surface area contributed by atoms with Gasteiger partial charge < -0.3 is 15.0 Å². The van der Waals surface area contributed by atoms with Crippen LogP contribution in [0.3, 0.4) is 0 Å². The number of methoxy groups -OCH3 is 1. The van der Waals surface area contributed by atoms with E-state index in [2.05, 4.69) is 12.2 Å². The van der Waals surface area contributed by atoms with Crippen molar-refractivity contribution >= 4 is 17.5 Å². The Kier molecular flexibility index (Phi) is 8.04. The Morgan fingerprint density at radius 2 is 1.95 bits per heavy atom. The lowest BCUT2D eigenvalue weighted by atomic mass is 10.2. The molecule has 0 spiro atoms. The van der Waals surface area contributed by atoms with E-state index in [1.54, 1.807) is 18.1 Å². The molecule has 1 rings (SSSR count). The number of anilines is 1. The molecule has 122 valence electrons. The molecule has 0 aliphatic heterocycles. The van der Waals surface area contributed by atoms with E-state index in [9.17, 15) is 9.59 Å². The maximum absolute atomic E-state index is 11.9. The Hall–Kier alpha value is -2.04. The highest BCUT2D eigenvalue weighted by Crippen LogP contribution is 2.27. The van der Waals surface area contributed by atoms with Crippen LogP contribution in [0.2, 0.25) is 0 Å². The van der Waals surface area contributed by atoms with Crippen molar-refractivity contribution in [3.8, 4) is 5.75 Å². The predicted octanol–water partition coefficient (Wildman–Crippen LogP) is 2.74. The summed E-state index contributed by atoms with van der Waals surface area (Å²) in [5.74, 6) is 0.488. The van der Waals surface area contributed by atoms with E-state index in [-0.39, 0.29) is 18.2 Å². The van der Waals surface area contributed by atoms with Gasteiger partial charge in [-0.25, -0.2) is 0 Å². The number of hydrogen-bond acceptors (Lipinski definition) is 3. The lowest BCUT2D eigenvalue weighted by Crippen LogP contribution is -2.34. The highest BCUT2D eigenvalue weighted by atomic mass is 16.5. The molecule has 0 heterocycles. The van der Waals surface area contributed by atoms with Gasteiger partial charge in [0.2, 0.25) is 11.8 Å². The van der Waals surface area contributed by atoms with Gasteiger partial charge in [-0.15, -0.1) is 0 Å². The number of unbranched alkanes of at least 4 members (excludes halogenated alkanes) is 2. The summed E-state index contributed by atoms with van der Waals surface area (Å²) in [4.78, 5) is 25.3. The summed E-state index contributed by atoms with van der Waals surface area (Å²) in [6, 6.07) is 7.31. The van der Waals surface area contributed by atoms with Gasteiger partial charge >= 0.3 is 0 Å². The molecule has 1 aromatic carbocycles. The van der Waals surface area contributed by atoms with Gasteiger partial charge in [0.15, 0.2) is 0 Å². The third-order valence-corrected chi connectivity index (χ3v) is 3.42. The molecule has 0 aliphatic rings. The maximum Gasteiger partial charge on any atom is 0.223 e. The molecule has 0 radical (unpaired) electrons. The second-order valence-electron chi connectivity index (χ2n) is 5.15. The van der Waals surface area contributed by atoms with Crippen LogP contribution in [0.15, 0.2) is 24.3 Å². The molecule has 0 fully saturated rings. The van der Waals surface area contributed by atoms with Crippen LogP contribution >= 0.6 is 0 Å². The number of benzene rings is 1. The molecule has 22 heavy (non-hydrogen) atoms. The number of hydrogen-bond donors (Lipinski definition) is 1. The molecule has 1 aromatic rings. The average Bonchev–Trinajstić information content (AvgIpc) is 2.52. The van der Waals surface area contributed by atoms with Crippen molar-refractivity contribution in [1.82, 2.24) is 5.32 Å². The van der Waals surface area contributed by atoms with Gasteiger partial charge in [-0.3, -0.25) is 9.59 Å². The molecule has 5 nitrogen and oxygen atoms in total. The minimum atomic E-state index is -0.108. The number of para-hydroxylation sites is 2. The monoisotopic (exact) mass is 306 g/mol. The zero-order chi connectivity index (χ0) is 16.4. The van der Waals surface area contributed by atoms with E-state index in [0.29, 0.717) is 24.5 Å². The van der Waals surface area contributed by atoms with Gasteiger partial charge in [-0.05, 0) is 18.6 Å². The Labute approximate surface area is 132 Å². The van der Waals surface area contributed by atoms with Crippen LogP contribution in [0.25, 0.3) is 0 Å². The lowest BCUT2D eigenvalue weighted by Gasteiger charge is -2.23. The summed E-state index contributed by atoms with van der Waals surface area (Å²) in [6.45, 7) is 4.65. The van der Waals surface area contributed by atoms with Gasteiger partial charge in [-0.2, -0.15) is 0 Å². The molecule has 0 atom stereocenters. The molecular weight excluding hydrogens is 280 g/mol. The third kappa shape index (κ3) is 5.76. The number of carbonyl (C=O) groups is 2. The lowest BCUT2D eigenvalue weighted by molar-refractivity contribution is -0.121. The van der Waals surface area contributed by atoms with Crippen LogP contribution in [0.1, 0.15) is 39.5 Å². The van der Waals surface area contributed by atoms with E-state index in [0.717, 1.165) is 19.3 Å². The predicted molar refractivity (Wildman–Crippen MR) is 88.2 cm³/mol. The van der Waals surface area contributed by atoms with Crippen molar-refractivity contribution in [3.63, 3.8) is 0 Å². The minimum Gasteiger partial charge on any atom is -0.495 e. The van der Waals surface area contributed by atoms with Crippen LogP contribution in [-0.2, 0) is 9.59 Å². The van der Waals surface area contributed by atoms with Crippen molar-refractivity contribution in [2.45, 2.75) is 39.5 Å². The zero-order valence-electron chi connectivity index (χ0n) is 13.7. The molecule has 0 bridgehead atoms. The summed E-state index contributed by atoms with van der Waals surface area (Å²) >= 11 is 0. The highest BCUT2D eigenvalue weighted by molar-refractivity contribution is 5.93. The van der Waals surface area contributed by atoms with Crippen LogP contribution in [0, 0.1) is 0 Å². The number of nitrogens with zero attached hydrogens (tertiary/aromatic N) is 1. The Morgan fingerprint density at radius 1 is 1.23 bits per heavy atom. The van der Waals surface area contributed by atoms with E-state index < -0.39 is 0 Å². The summed E-state index contributed by atoms with van der Waals surface area (Å²) in [6.07, 6.45) is 3.51. The second-order valence-corrected chi connectivity index (χ2v) is 5.15. The second kappa shape index (κ2) is 9.82. The number of nitrogens with one attached hydrogen (secondary N) is 1. The Morgan fingerprint density at radius 3 is 2.59 bits per heavy atom. The first kappa shape index (κ1) is 18.0. The van der Waals surface area contributed by atoms with Gasteiger partial charge in [0, 0.05) is 26.4 Å². The molecule has 1 N–H and O–H groups in total. The molecule has 0 saturated heterocycles. The van der Waals surface area contributed by atoms with E-state index in [1.807, 2.05) is 18.2 Å². The third-order valence-electron chi connectivity index (χ3n) is 3.42. The van der Waals surface area contributed by atoms with Crippen molar-refractivity contribution < 1.29 is 14.3 Å². The molecule has 0 unspecified atom stereocenters. The number of amides is 2. The van der Waals surface area contributed by atoms with Crippen molar-refractivity contribution in [2.24, 2.45) is 0 Å². The number of rotatable bonds is 9. The maximum atomic E-state index is 11.9. The largest absolute Gasteiger partial charge is 0.495 e. The first-order valence-corrected chi connectivity index (χ1v) is 7.78. The summed E-state index contributed by atoms with van der Waals surface area (Å²) in [7, 11) is 1.57. The van der Waals surface area contributed by atoms with Crippen LogP contribution in [0.4, 0.5) is 5.69 Å². The SMILES string of the molecule is CCCCCNC(=O)CCN(C(C)=O)c1ccccc1OC. The first-order chi connectivity index (χ1) is 10.6. The summed E-state index contributed by atoms with van der Waals surface area (Å²) < 4.78 is 5.28. The molecule has 0 aromatic heterocycles. The molecular formula is C17H26N2O3. The summed E-state index contributed by atoms with van der Waals surface area (Å²) in [5.41, 5.74) is 0.691. The minimum absolute atomic E-state index is 0.0303. The van der Waals surface area contributed by atoms with Gasteiger partial charge in [0.1, 0.15) is 5.75 Å². The fourth-order valence-corrected chi connectivity index (χ4v) is 2.20. The van der Waals surface area contributed by atoms with Crippen molar-refractivity contribution in [2.75, 3.05) is 25.1 Å². The molecule has 5 heteroatoms. The molecule has 2 amide bonds. The first-order valence-electron chi connectivity index (χ1n) is 7.78. The average molecular weight is 306 g/mol. The summed E-state index contributed by atoms with van der Waals surface area (Å²) in [5, 5.41) is 2.88. The van der Waals surface area contributed by atoms with E-state index in [1.165, 1.54) is 6.92 Å². The quantitative estimate of drug-likeness (QED) is 0.714. The normalized spacial score (nSPS) is 10.1. The Bertz CT molecular complexity index is 489. The topological polar surface area (TPSA) is 58.6 Å². The van der Waals surface area contributed by atoms with Crippen LogP contribution in [-0.4, -0.2) is 32.0 Å². The molecule has 0 saturated carbocycles. The number of ether oxygens (including phenoxy) is 1. The highest BCUT2D eigenvalue weighted by Gasteiger charge is 2.16. The van der Waals surface area contributed by atoms with E-state index in [4.69, 9.17) is 4.74 Å². The van der Waals surface area contributed by atoms with Gasteiger partial charge in [0.05, 0.1) is 12.8 Å². The van der Waals surface area contributed by atoms with Crippen molar-refractivity contribution in [3.05, 3.63) is 24.3 Å². The standard InChI is InChI=1S/C17H26N2O3/c1-4-5-8-12-18-17(21)11-13-19(14(2)20)15-9-6-7-10-16(15)22-3/h6-7,9-10H,4-5,8,11-13H2,1-3H3,(H,18,21). The zero-order valence-corrected chi connectivity index (χ0v) is 13.7. The van der Waals surface area contributed by atoms with Crippen LogP contribution in [0.5, 0.6) is 5.75 Å². The van der Waals surface area contributed by atoms with Crippen LogP contribution < -0.4 is 15.0 Å². The fraction of sp³-hybridized carbons (Fsp3) is 0.529. The number of carbonyl (C=O) groups excluding carboxylic acids is 2. The molecule has 0 aliphatic carbocycles. The van der Waals surface area contributed by atoms with E-state index >= 15 is 0 Å². The Balaban J connectivity index is 2.58. The fourth-order valence-electron chi connectivity index (χ4n) is 2.20.